The van der Waals surface area contributed by atoms with Crippen molar-refractivity contribution in [2.75, 3.05) is 0 Å². The molecule has 4 nitrogen and oxygen atoms in total. The molecular weight excluding hydrogens is 300 g/mol. The van der Waals surface area contributed by atoms with Crippen molar-refractivity contribution in [3.8, 4) is 11.1 Å². The molecule has 126 valence electrons. The van der Waals surface area contributed by atoms with Crippen molar-refractivity contribution in [3.63, 3.8) is 0 Å². The smallest absolute Gasteiger partial charge is 0.223 e. The third kappa shape index (κ3) is 4.01. The van der Waals surface area contributed by atoms with Gasteiger partial charge >= 0.3 is 0 Å². The normalized spacial score (nSPS) is 21.9. The minimum atomic E-state index is -0.230. The number of rotatable bonds is 4. The van der Waals surface area contributed by atoms with E-state index in [1.807, 2.05) is 25.3 Å². The zero-order chi connectivity index (χ0) is 16.9. The Morgan fingerprint density at radius 3 is 2.46 bits per heavy atom. The fraction of sp³-hybridized carbons (Fsp3) is 0.400. The molecule has 1 amide bonds. The summed E-state index contributed by atoms with van der Waals surface area (Å²) in [7, 11) is 0. The van der Waals surface area contributed by atoms with Crippen LogP contribution in [0, 0.1) is 5.92 Å². The van der Waals surface area contributed by atoms with Crippen molar-refractivity contribution in [1.82, 2.24) is 10.3 Å². The zero-order valence-electron chi connectivity index (χ0n) is 14.0. The van der Waals surface area contributed by atoms with Crippen molar-refractivity contribution in [1.29, 1.82) is 0 Å². The molecule has 1 heterocycles. The second kappa shape index (κ2) is 7.58. The summed E-state index contributed by atoms with van der Waals surface area (Å²) in [5, 5.41) is 12.7. The van der Waals surface area contributed by atoms with E-state index in [1.165, 1.54) is 0 Å². The van der Waals surface area contributed by atoms with Gasteiger partial charge in [0.15, 0.2) is 0 Å². The molecule has 24 heavy (non-hydrogen) atoms. The summed E-state index contributed by atoms with van der Waals surface area (Å²) < 4.78 is 0. The molecule has 0 aliphatic heterocycles. The minimum Gasteiger partial charge on any atom is -0.393 e. The summed E-state index contributed by atoms with van der Waals surface area (Å²) in [5.41, 5.74) is 3.29. The number of amides is 1. The number of nitrogens with zero attached hydrogens (tertiary/aromatic N) is 1. The fourth-order valence-corrected chi connectivity index (χ4v) is 3.25. The van der Waals surface area contributed by atoms with Crippen LogP contribution in [0.2, 0.25) is 0 Å². The molecule has 1 aliphatic rings. The summed E-state index contributed by atoms with van der Waals surface area (Å²) in [6, 6.07) is 12.2. The van der Waals surface area contributed by atoms with E-state index in [0.717, 1.165) is 42.4 Å². The maximum absolute atomic E-state index is 12.4. The summed E-state index contributed by atoms with van der Waals surface area (Å²) in [6.07, 6.45) is 6.39. The van der Waals surface area contributed by atoms with Gasteiger partial charge in [-0.3, -0.25) is 9.78 Å². The molecule has 1 fully saturated rings. The predicted molar refractivity (Wildman–Crippen MR) is 94.2 cm³/mol. The van der Waals surface area contributed by atoms with Gasteiger partial charge in [0.2, 0.25) is 5.91 Å². The van der Waals surface area contributed by atoms with Gasteiger partial charge in [-0.15, -0.1) is 0 Å². The Bertz CT molecular complexity index is 662. The molecule has 1 unspecified atom stereocenters. The van der Waals surface area contributed by atoms with Crippen molar-refractivity contribution in [3.05, 3.63) is 54.4 Å². The molecular formula is C20H24N2O2. The van der Waals surface area contributed by atoms with Crippen LogP contribution in [0.5, 0.6) is 0 Å². The lowest BCUT2D eigenvalue weighted by molar-refractivity contribution is -0.127. The van der Waals surface area contributed by atoms with Crippen LogP contribution in [0.3, 0.4) is 0 Å². The van der Waals surface area contributed by atoms with Crippen LogP contribution >= 0.6 is 0 Å². The summed E-state index contributed by atoms with van der Waals surface area (Å²) in [6.45, 7) is 2.01. The molecule has 0 saturated heterocycles. The Kier molecular flexibility index (Phi) is 5.26. The van der Waals surface area contributed by atoms with Gasteiger partial charge in [0.25, 0.3) is 0 Å². The lowest BCUT2D eigenvalue weighted by Gasteiger charge is -2.26. The molecule has 0 radical (unpaired) electrons. The number of nitrogens with one attached hydrogen (secondary N) is 1. The van der Waals surface area contributed by atoms with E-state index in [9.17, 15) is 9.90 Å². The van der Waals surface area contributed by atoms with Crippen LogP contribution in [-0.2, 0) is 4.79 Å². The highest BCUT2D eigenvalue weighted by Crippen LogP contribution is 2.26. The van der Waals surface area contributed by atoms with Crippen molar-refractivity contribution in [2.45, 2.75) is 44.8 Å². The van der Waals surface area contributed by atoms with E-state index in [-0.39, 0.29) is 24.0 Å². The van der Waals surface area contributed by atoms with Gasteiger partial charge in [-0.1, -0.05) is 30.3 Å². The molecule has 2 N–H and O–H groups in total. The van der Waals surface area contributed by atoms with Gasteiger partial charge in [-0.2, -0.15) is 0 Å². The third-order valence-electron chi connectivity index (χ3n) is 4.83. The molecule has 1 saturated carbocycles. The first-order valence-corrected chi connectivity index (χ1v) is 8.62. The number of aromatic nitrogens is 1. The van der Waals surface area contributed by atoms with Gasteiger partial charge < -0.3 is 10.4 Å². The van der Waals surface area contributed by atoms with E-state index in [1.54, 1.807) is 6.20 Å². The highest BCUT2D eigenvalue weighted by atomic mass is 16.3. The van der Waals surface area contributed by atoms with Gasteiger partial charge in [-0.05, 0) is 55.4 Å². The number of carbonyl (C=O) groups excluding carboxylic acids is 1. The first-order valence-electron chi connectivity index (χ1n) is 8.62. The number of hydrogen-bond donors (Lipinski definition) is 2. The second-order valence-corrected chi connectivity index (χ2v) is 6.60. The molecule has 2 aromatic rings. The molecule has 1 atom stereocenters. The van der Waals surface area contributed by atoms with Gasteiger partial charge in [0.1, 0.15) is 0 Å². The average Bonchev–Trinajstić information content (AvgIpc) is 2.63. The predicted octanol–water partition coefficient (Wildman–Crippen LogP) is 3.48. The standard InChI is InChI=1S/C20H24N2O2/c1-14(22-20(24)17-8-10-19(23)11-9-17)15-4-6-16(7-5-15)18-3-2-12-21-13-18/h2-7,12-14,17,19,23H,8-11H2,1H3,(H,22,24). The van der Waals surface area contributed by atoms with E-state index >= 15 is 0 Å². The van der Waals surface area contributed by atoms with E-state index < -0.39 is 0 Å². The topological polar surface area (TPSA) is 62.2 Å². The molecule has 0 spiro atoms. The zero-order valence-corrected chi connectivity index (χ0v) is 14.0. The minimum absolute atomic E-state index is 0.0210. The number of benzene rings is 1. The van der Waals surface area contributed by atoms with E-state index in [2.05, 4.69) is 34.6 Å². The van der Waals surface area contributed by atoms with Crippen molar-refractivity contribution >= 4 is 5.91 Å². The Labute approximate surface area is 142 Å². The number of pyridine rings is 1. The van der Waals surface area contributed by atoms with E-state index in [0.29, 0.717) is 0 Å². The second-order valence-electron chi connectivity index (χ2n) is 6.60. The number of aliphatic hydroxyl groups is 1. The highest BCUT2D eigenvalue weighted by molar-refractivity contribution is 5.79. The maximum Gasteiger partial charge on any atom is 0.223 e. The van der Waals surface area contributed by atoms with Gasteiger partial charge in [-0.25, -0.2) is 0 Å². The molecule has 4 heteroatoms. The SMILES string of the molecule is CC(NC(=O)C1CCC(O)CC1)c1ccc(-c2cccnc2)cc1. The Balaban J connectivity index is 1.61. The fourth-order valence-electron chi connectivity index (χ4n) is 3.25. The molecule has 1 aromatic carbocycles. The largest absolute Gasteiger partial charge is 0.393 e. The number of hydrogen-bond acceptors (Lipinski definition) is 3. The lowest BCUT2D eigenvalue weighted by atomic mass is 9.86. The highest BCUT2D eigenvalue weighted by Gasteiger charge is 2.26. The maximum atomic E-state index is 12.4. The average molecular weight is 324 g/mol. The van der Waals surface area contributed by atoms with Crippen LogP contribution in [0.4, 0.5) is 0 Å². The van der Waals surface area contributed by atoms with Gasteiger partial charge in [0, 0.05) is 18.3 Å². The van der Waals surface area contributed by atoms with Crippen molar-refractivity contribution < 1.29 is 9.90 Å². The Morgan fingerprint density at radius 1 is 1.12 bits per heavy atom. The van der Waals surface area contributed by atoms with Crippen molar-refractivity contribution in [2.24, 2.45) is 5.92 Å². The first-order chi connectivity index (χ1) is 11.6. The van der Waals surface area contributed by atoms with Crippen LogP contribution in [0.25, 0.3) is 11.1 Å². The van der Waals surface area contributed by atoms with Crippen LogP contribution < -0.4 is 5.32 Å². The first kappa shape index (κ1) is 16.7. The quantitative estimate of drug-likeness (QED) is 0.905. The molecule has 0 bridgehead atoms. The van der Waals surface area contributed by atoms with Gasteiger partial charge in [0.05, 0.1) is 12.1 Å². The summed E-state index contributed by atoms with van der Waals surface area (Å²) >= 11 is 0. The van der Waals surface area contributed by atoms with Crippen LogP contribution in [-0.4, -0.2) is 22.1 Å². The van der Waals surface area contributed by atoms with Crippen LogP contribution in [0.15, 0.2) is 48.8 Å². The van der Waals surface area contributed by atoms with E-state index in [4.69, 9.17) is 0 Å². The molecule has 1 aliphatic carbocycles. The Morgan fingerprint density at radius 2 is 1.83 bits per heavy atom. The third-order valence-corrected chi connectivity index (χ3v) is 4.83. The molecule has 1 aromatic heterocycles. The summed E-state index contributed by atoms with van der Waals surface area (Å²) in [4.78, 5) is 16.5. The number of aliphatic hydroxyl groups excluding tert-OH is 1. The Hall–Kier alpha value is -2.20. The lowest BCUT2D eigenvalue weighted by Crippen LogP contribution is -2.35. The number of carbonyl (C=O) groups is 1. The summed E-state index contributed by atoms with van der Waals surface area (Å²) in [5.74, 6) is 0.135. The van der Waals surface area contributed by atoms with Crippen LogP contribution in [0.1, 0.15) is 44.2 Å². The monoisotopic (exact) mass is 324 g/mol. The molecule has 3 rings (SSSR count).